The van der Waals surface area contributed by atoms with E-state index in [4.69, 9.17) is 9.47 Å². The van der Waals surface area contributed by atoms with Crippen LogP contribution in [0.1, 0.15) is 27.6 Å². The van der Waals surface area contributed by atoms with Gasteiger partial charge in [-0.2, -0.15) is 0 Å². The standard InChI is InChI=1S/C22H18O11.H2O/c23-10-5-12(24)11-7-18(33-22(31)9-3-15(27)20(30)16(28)4-9)21(32-17(11)6-10)8-1-13(25)19(29)14(26)2-8;/h1-6,18,21,23-30H,7H2;1H2/t18-,21-;/m1./s1. The Morgan fingerprint density at radius 1 is 0.765 bits per heavy atom. The van der Waals surface area contributed by atoms with Crippen LogP contribution in [0.3, 0.4) is 0 Å². The monoisotopic (exact) mass is 476 g/mol. The normalized spacial score (nSPS) is 16.6. The summed E-state index contributed by atoms with van der Waals surface area (Å²) in [6.45, 7) is 0. The summed E-state index contributed by atoms with van der Waals surface area (Å²) in [7, 11) is 0. The summed E-state index contributed by atoms with van der Waals surface area (Å²) >= 11 is 0. The summed E-state index contributed by atoms with van der Waals surface area (Å²) in [6, 6.07) is 6.18. The second-order valence-electron chi connectivity index (χ2n) is 7.40. The van der Waals surface area contributed by atoms with Gasteiger partial charge in [-0.3, -0.25) is 0 Å². The van der Waals surface area contributed by atoms with Crippen LogP contribution >= 0.6 is 0 Å². The van der Waals surface area contributed by atoms with E-state index in [0.717, 1.165) is 30.3 Å². The molecule has 1 heterocycles. The Hall–Kier alpha value is -4.71. The third-order valence-electron chi connectivity index (χ3n) is 5.15. The van der Waals surface area contributed by atoms with Crippen LogP contribution < -0.4 is 4.74 Å². The predicted molar refractivity (Wildman–Crippen MR) is 113 cm³/mol. The maximum atomic E-state index is 12.7. The molecular formula is C22H20O12. The first-order valence-corrected chi connectivity index (χ1v) is 9.47. The fraction of sp³-hybridized carbons (Fsp3) is 0.136. The zero-order chi connectivity index (χ0) is 24.0. The van der Waals surface area contributed by atoms with Gasteiger partial charge in [-0.1, -0.05) is 0 Å². The maximum absolute atomic E-state index is 12.7. The Bertz CT molecular complexity index is 1220. The molecular weight excluding hydrogens is 456 g/mol. The van der Waals surface area contributed by atoms with Gasteiger partial charge in [0.05, 0.1) is 5.56 Å². The van der Waals surface area contributed by atoms with Crippen LogP contribution in [0.2, 0.25) is 0 Å². The molecule has 2 atom stereocenters. The predicted octanol–water partition coefficient (Wildman–Crippen LogP) is 1.41. The Labute approximate surface area is 190 Å². The second kappa shape index (κ2) is 8.67. The van der Waals surface area contributed by atoms with Crippen molar-refractivity contribution >= 4 is 5.97 Å². The smallest absolute Gasteiger partial charge is 0.338 e. The SMILES string of the molecule is O.O=C(O[C@@H]1Cc2c(O)cc(O)cc2O[C@@H]1c1cc(O)c(O)c(O)c1)c1cc(O)c(O)c(O)c1. The molecule has 0 saturated heterocycles. The van der Waals surface area contributed by atoms with Gasteiger partial charge in [-0.05, 0) is 24.3 Å². The number of benzene rings is 3. The summed E-state index contributed by atoms with van der Waals surface area (Å²) in [6.07, 6.45) is -2.49. The third-order valence-corrected chi connectivity index (χ3v) is 5.15. The van der Waals surface area contributed by atoms with Gasteiger partial charge in [0.25, 0.3) is 0 Å². The molecule has 1 aliphatic rings. The van der Waals surface area contributed by atoms with Crippen molar-refractivity contribution in [3.8, 4) is 51.7 Å². The van der Waals surface area contributed by atoms with E-state index >= 15 is 0 Å². The molecule has 0 bridgehead atoms. The average molecular weight is 476 g/mol. The highest BCUT2D eigenvalue weighted by Gasteiger charge is 2.37. The molecule has 0 fully saturated rings. The third kappa shape index (κ3) is 4.17. The number of phenolic OH excluding ortho intramolecular Hbond substituents is 8. The number of carbonyl (C=O) groups excluding carboxylic acids is 1. The summed E-state index contributed by atoms with van der Waals surface area (Å²) in [5.41, 5.74) is -0.0189. The number of phenols is 8. The second-order valence-corrected chi connectivity index (χ2v) is 7.40. The zero-order valence-electron chi connectivity index (χ0n) is 17.1. The van der Waals surface area contributed by atoms with Crippen molar-refractivity contribution in [3.63, 3.8) is 0 Å². The van der Waals surface area contributed by atoms with Crippen molar-refractivity contribution in [2.75, 3.05) is 0 Å². The zero-order valence-corrected chi connectivity index (χ0v) is 17.1. The van der Waals surface area contributed by atoms with E-state index in [1.807, 2.05) is 0 Å². The van der Waals surface area contributed by atoms with Crippen molar-refractivity contribution in [2.45, 2.75) is 18.6 Å². The number of hydrogen-bond donors (Lipinski definition) is 8. The van der Waals surface area contributed by atoms with E-state index in [1.54, 1.807) is 0 Å². The minimum atomic E-state index is -1.18. The van der Waals surface area contributed by atoms with Crippen molar-refractivity contribution in [1.29, 1.82) is 0 Å². The number of rotatable bonds is 3. The molecule has 4 rings (SSSR count). The fourth-order valence-electron chi connectivity index (χ4n) is 3.55. The number of aromatic hydroxyl groups is 8. The van der Waals surface area contributed by atoms with Crippen molar-refractivity contribution < 1.29 is 60.6 Å². The topological polar surface area (TPSA) is 229 Å². The first kappa shape index (κ1) is 23.9. The Kier molecular flexibility index (Phi) is 6.11. The number of fused-ring (bicyclic) bond motifs is 1. The molecule has 0 unspecified atom stereocenters. The molecule has 0 radical (unpaired) electrons. The molecule has 0 aliphatic carbocycles. The number of carbonyl (C=O) groups is 1. The highest BCUT2D eigenvalue weighted by Crippen LogP contribution is 2.46. The molecule has 3 aromatic carbocycles. The van der Waals surface area contributed by atoms with Gasteiger partial charge in [0.15, 0.2) is 40.6 Å². The Morgan fingerprint density at radius 2 is 1.29 bits per heavy atom. The lowest BCUT2D eigenvalue weighted by atomic mass is 9.93. The van der Waals surface area contributed by atoms with Crippen LogP contribution in [0, 0.1) is 0 Å². The van der Waals surface area contributed by atoms with Crippen LogP contribution in [-0.2, 0) is 11.2 Å². The van der Waals surface area contributed by atoms with Crippen LogP contribution in [-0.4, -0.2) is 58.4 Å². The molecule has 0 amide bonds. The quantitative estimate of drug-likeness (QED) is 0.199. The van der Waals surface area contributed by atoms with E-state index in [1.165, 1.54) is 6.07 Å². The van der Waals surface area contributed by atoms with Gasteiger partial charge in [-0.15, -0.1) is 0 Å². The van der Waals surface area contributed by atoms with Crippen LogP contribution in [0.5, 0.6) is 51.7 Å². The van der Waals surface area contributed by atoms with E-state index in [0.29, 0.717) is 0 Å². The highest BCUT2D eigenvalue weighted by atomic mass is 16.6. The number of ether oxygens (including phenoxy) is 2. The fourth-order valence-corrected chi connectivity index (χ4v) is 3.55. The molecule has 10 N–H and O–H groups in total. The molecule has 3 aromatic rings. The molecule has 12 heteroatoms. The highest BCUT2D eigenvalue weighted by molar-refractivity contribution is 5.91. The Balaban J connectivity index is 0.00000324. The lowest BCUT2D eigenvalue weighted by Gasteiger charge is -2.34. The first-order chi connectivity index (χ1) is 15.5. The largest absolute Gasteiger partial charge is 0.508 e. The number of esters is 1. The van der Waals surface area contributed by atoms with Crippen LogP contribution in [0.4, 0.5) is 0 Å². The van der Waals surface area contributed by atoms with Gasteiger partial charge in [-0.25, -0.2) is 4.79 Å². The van der Waals surface area contributed by atoms with E-state index in [9.17, 15) is 45.6 Å². The van der Waals surface area contributed by atoms with Gasteiger partial charge in [0.1, 0.15) is 23.4 Å². The molecule has 0 saturated carbocycles. The molecule has 12 nitrogen and oxygen atoms in total. The Morgan fingerprint density at radius 3 is 1.85 bits per heavy atom. The van der Waals surface area contributed by atoms with Crippen LogP contribution in [0.15, 0.2) is 36.4 Å². The summed E-state index contributed by atoms with van der Waals surface area (Å²) in [5.74, 6) is -6.06. The minimum Gasteiger partial charge on any atom is -0.508 e. The molecule has 1 aliphatic heterocycles. The summed E-state index contributed by atoms with van der Waals surface area (Å²) in [4.78, 5) is 12.7. The summed E-state index contributed by atoms with van der Waals surface area (Å²) in [5, 5.41) is 78.2. The van der Waals surface area contributed by atoms with Crippen molar-refractivity contribution in [1.82, 2.24) is 0 Å². The molecule has 34 heavy (non-hydrogen) atoms. The van der Waals surface area contributed by atoms with Gasteiger partial charge < -0.3 is 55.8 Å². The van der Waals surface area contributed by atoms with E-state index < -0.39 is 52.7 Å². The molecule has 180 valence electrons. The maximum Gasteiger partial charge on any atom is 0.338 e. The number of hydrogen-bond acceptors (Lipinski definition) is 11. The average Bonchev–Trinajstić information content (AvgIpc) is 2.75. The lowest BCUT2D eigenvalue weighted by Crippen LogP contribution is -2.34. The molecule has 0 aromatic heterocycles. The van der Waals surface area contributed by atoms with Crippen molar-refractivity contribution in [2.24, 2.45) is 0 Å². The van der Waals surface area contributed by atoms with Gasteiger partial charge in [0, 0.05) is 29.7 Å². The minimum absolute atomic E-state index is 0. The van der Waals surface area contributed by atoms with Crippen LogP contribution in [0.25, 0.3) is 0 Å². The lowest BCUT2D eigenvalue weighted by molar-refractivity contribution is -0.0189. The van der Waals surface area contributed by atoms with E-state index in [2.05, 4.69) is 0 Å². The van der Waals surface area contributed by atoms with Crippen molar-refractivity contribution in [3.05, 3.63) is 53.1 Å². The first-order valence-electron chi connectivity index (χ1n) is 9.47. The summed E-state index contributed by atoms with van der Waals surface area (Å²) < 4.78 is 11.3. The molecule has 0 spiro atoms. The van der Waals surface area contributed by atoms with Gasteiger partial charge >= 0.3 is 5.97 Å². The van der Waals surface area contributed by atoms with Gasteiger partial charge in [0.2, 0.25) is 0 Å². The van der Waals surface area contributed by atoms with E-state index in [-0.39, 0.29) is 45.8 Å².